The molecule has 0 heterocycles. The van der Waals surface area contributed by atoms with Crippen LogP contribution in [-0.4, -0.2) is 23.6 Å². The molecule has 0 spiro atoms. The van der Waals surface area contributed by atoms with Gasteiger partial charge in [0.2, 0.25) is 0 Å². The molecule has 0 saturated heterocycles. The van der Waals surface area contributed by atoms with Gasteiger partial charge in [-0.05, 0) is 6.42 Å². The topological polar surface area (TPSA) is 49.7 Å². The van der Waals surface area contributed by atoms with Crippen LogP contribution in [-0.2, 0) is 0 Å². The minimum atomic E-state index is -0.140. The minimum Gasteiger partial charge on any atom is -0.506 e. The fraction of sp³-hybridized carbons (Fsp3) is 0.286. The van der Waals surface area contributed by atoms with E-state index in [0.717, 1.165) is 12.8 Å². The molecule has 1 N–H and O–H groups in total. The van der Waals surface area contributed by atoms with Crippen molar-refractivity contribution in [3.8, 4) is 0 Å². The summed E-state index contributed by atoms with van der Waals surface area (Å²) in [5.74, 6) is -0.0933. The van der Waals surface area contributed by atoms with Crippen molar-refractivity contribution in [1.29, 1.82) is 0 Å². The molecule has 3 nitrogen and oxygen atoms in total. The fourth-order valence-electron chi connectivity index (χ4n) is 1.81. The molecule has 0 aromatic heterocycles. The lowest BCUT2D eigenvalue weighted by Crippen LogP contribution is -2.00. The average molecular weight is 229 g/mol. The highest BCUT2D eigenvalue weighted by molar-refractivity contribution is 6.30. The molecule has 2 rings (SSSR count). The lowest BCUT2D eigenvalue weighted by atomic mass is 10.1. The van der Waals surface area contributed by atoms with Crippen LogP contribution in [0.15, 0.2) is 34.8 Å². The molecule has 0 saturated carbocycles. The zero-order chi connectivity index (χ0) is 12.3. The van der Waals surface area contributed by atoms with Gasteiger partial charge in [-0.2, -0.15) is 0 Å². The van der Waals surface area contributed by atoms with Gasteiger partial charge in [0.25, 0.3) is 0 Å². The van der Waals surface area contributed by atoms with E-state index in [1.165, 1.54) is 6.21 Å². The highest BCUT2D eigenvalue weighted by Crippen LogP contribution is 2.29. The summed E-state index contributed by atoms with van der Waals surface area (Å²) in [4.78, 5) is 16.1. The van der Waals surface area contributed by atoms with Crippen molar-refractivity contribution in [3.63, 3.8) is 0 Å². The van der Waals surface area contributed by atoms with Crippen LogP contribution in [0.2, 0.25) is 0 Å². The number of nitrogens with zero attached hydrogens (tertiary/aromatic N) is 1. The second kappa shape index (κ2) is 4.95. The third-order valence-electron chi connectivity index (χ3n) is 2.79. The number of fused-ring (bicyclic) bond motifs is 1. The zero-order valence-electron chi connectivity index (χ0n) is 9.81. The number of carbonyl (C=O) groups is 1. The standard InChI is InChI=1S/C14H15NO2/c1-2-3-8-15-9-12-13(16)10-6-4-5-7-11(10)14(12)17/h4-7,9,16H,2-3,8H2,1H3. The van der Waals surface area contributed by atoms with Crippen LogP contribution in [0, 0.1) is 0 Å². The number of hydrogen-bond donors (Lipinski definition) is 1. The number of allylic oxidation sites excluding steroid dienone is 1. The number of rotatable bonds is 4. The van der Waals surface area contributed by atoms with E-state index in [9.17, 15) is 9.90 Å². The molecule has 0 radical (unpaired) electrons. The van der Waals surface area contributed by atoms with Crippen LogP contribution in [0.25, 0.3) is 5.76 Å². The summed E-state index contributed by atoms with van der Waals surface area (Å²) in [7, 11) is 0. The van der Waals surface area contributed by atoms with Gasteiger partial charge in [0.05, 0.1) is 5.57 Å². The predicted octanol–water partition coefficient (Wildman–Crippen LogP) is 3.02. The minimum absolute atomic E-state index is 0.0471. The summed E-state index contributed by atoms with van der Waals surface area (Å²) in [6.45, 7) is 2.78. The number of Topliss-reactive ketones (excluding diaryl/α,β-unsaturated/α-hetero) is 1. The van der Waals surface area contributed by atoms with E-state index in [1.807, 2.05) is 0 Å². The maximum Gasteiger partial charge on any atom is 0.199 e. The SMILES string of the molecule is CCCCN=CC1=C(O)c2ccccc2C1=O. The number of carbonyl (C=O) groups excluding carboxylic acids is 1. The predicted molar refractivity (Wildman–Crippen MR) is 68.6 cm³/mol. The van der Waals surface area contributed by atoms with Crippen molar-refractivity contribution in [2.45, 2.75) is 19.8 Å². The third kappa shape index (κ3) is 2.13. The molecular formula is C14H15NO2. The van der Waals surface area contributed by atoms with Crippen molar-refractivity contribution in [1.82, 2.24) is 0 Å². The number of unbranched alkanes of at least 4 members (excludes halogenated alkanes) is 1. The van der Waals surface area contributed by atoms with E-state index in [-0.39, 0.29) is 11.5 Å². The van der Waals surface area contributed by atoms with Crippen LogP contribution in [0.3, 0.4) is 0 Å². The van der Waals surface area contributed by atoms with E-state index in [1.54, 1.807) is 24.3 Å². The summed E-state index contributed by atoms with van der Waals surface area (Å²) >= 11 is 0. The van der Waals surface area contributed by atoms with E-state index in [0.29, 0.717) is 23.2 Å². The van der Waals surface area contributed by atoms with E-state index >= 15 is 0 Å². The summed E-state index contributed by atoms with van der Waals surface area (Å²) < 4.78 is 0. The number of aliphatic imine (C=N–C) groups is 1. The molecular weight excluding hydrogens is 214 g/mol. The molecule has 1 aliphatic rings. The number of hydrogen-bond acceptors (Lipinski definition) is 3. The van der Waals surface area contributed by atoms with Crippen molar-refractivity contribution < 1.29 is 9.90 Å². The Morgan fingerprint density at radius 3 is 2.65 bits per heavy atom. The number of aliphatic hydroxyl groups excluding tert-OH is 1. The van der Waals surface area contributed by atoms with Gasteiger partial charge < -0.3 is 5.11 Å². The van der Waals surface area contributed by atoms with Crippen LogP contribution < -0.4 is 0 Å². The van der Waals surface area contributed by atoms with Gasteiger partial charge in [-0.25, -0.2) is 0 Å². The van der Waals surface area contributed by atoms with Crippen molar-refractivity contribution in [2.75, 3.05) is 6.54 Å². The van der Waals surface area contributed by atoms with Crippen molar-refractivity contribution in [3.05, 3.63) is 41.0 Å². The van der Waals surface area contributed by atoms with E-state index < -0.39 is 0 Å². The van der Waals surface area contributed by atoms with Crippen molar-refractivity contribution in [2.24, 2.45) is 4.99 Å². The van der Waals surface area contributed by atoms with Gasteiger partial charge in [0.15, 0.2) is 5.78 Å². The summed E-state index contributed by atoms with van der Waals surface area (Å²) in [6, 6.07) is 7.07. The first-order valence-electron chi connectivity index (χ1n) is 5.83. The van der Waals surface area contributed by atoms with Gasteiger partial charge in [-0.15, -0.1) is 0 Å². The first-order chi connectivity index (χ1) is 8.25. The Kier molecular flexibility index (Phi) is 3.38. The summed E-state index contributed by atoms with van der Waals surface area (Å²) in [5.41, 5.74) is 1.47. The molecule has 1 aromatic carbocycles. The van der Waals surface area contributed by atoms with Gasteiger partial charge in [0, 0.05) is 23.9 Å². The molecule has 0 amide bonds. The van der Waals surface area contributed by atoms with Crippen LogP contribution in [0.1, 0.15) is 35.7 Å². The monoisotopic (exact) mass is 229 g/mol. The number of benzene rings is 1. The lowest BCUT2D eigenvalue weighted by molar-refractivity contribution is 0.104. The van der Waals surface area contributed by atoms with Crippen molar-refractivity contribution >= 4 is 17.8 Å². The molecule has 0 atom stereocenters. The molecule has 0 unspecified atom stereocenters. The van der Waals surface area contributed by atoms with Gasteiger partial charge in [-0.3, -0.25) is 9.79 Å². The van der Waals surface area contributed by atoms with Crippen LogP contribution in [0.5, 0.6) is 0 Å². The maximum absolute atomic E-state index is 12.0. The Morgan fingerprint density at radius 2 is 2.00 bits per heavy atom. The highest BCUT2D eigenvalue weighted by atomic mass is 16.3. The first-order valence-corrected chi connectivity index (χ1v) is 5.83. The molecule has 88 valence electrons. The smallest absolute Gasteiger partial charge is 0.199 e. The average Bonchev–Trinajstić information content (AvgIpc) is 2.60. The molecule has 1 aliphatic carbocycles. The Balaban J connectivity index is 2.23. The fourth-order valence-corrected chi connectivity index (χ4v) is 1.81. The van der Waals surface area contributed by atoms with Crippen LogP contribution >= 0.6 is 0 Å². The van der Waals surface area contributed by atoms with Gasteiger partial charge in [0.1, 0.15) is 5.76 Å². The lowest BCUT2D eigenvalue weighted by Gasteiger charge is -1.95. The second-order valence-electron chi connectivity index (χ2n) is 4.03. The molecule has 1 aromatic rings. The van der Waals surface area contributed by atoms with Gasteiger partial charge >= 0.3 is 0 Å². The maximum atomic E-state index is 12.0. The summed E-state index contributed by atoms with van der Waals surface area (Å²) in [6.07, 6.45) is 3.55. The molecule has 3 heteroatoms. The molecule has 17 heavy (non-hydrogen) atoms. The Hall–Kier alpha value is -1.90. The Labute approximate surface area is 101 Å². The summed E-state index contributed by atoms with van der Waals surface area (Å²) in [5, 5.41) is 9.94. The van der Waals surface area contributed by atoms with Crippen LogP contribution in [0.4, 0.5) is 0 Å². The quantitative estimate of drug-likeness (QED) is 0.637. The second-order valence-corrected chi connectivity index (χ2v) is 4.03. The molecule has 0 bridgehead atoms. The molecule has 0 fully saturated rings. The van der Waals surface area contributed by atoms with Gasteiger partial charge in [-0.1, -0.05) is 37.6 Å². The Bertz CT molecular complexity index is 501. The largest absolute Gasteiger partial charge is 0.506 e. The number of aliphatic hydroxyl groups is 1. The zero-order valence-corrected chi connectivity index (χ0v) is 9.81. The Morgan fingerprint density at radius 1 is 1.29 bits per heavy atom. The molecule has 0 aliphatic heterocycles. The normalized spacial score (nSPS) is 14.8. The van der Waals surface area contributed by atoms with E-state index in [4.69, 9.17) is 0 Å². The first kappa shape index (κ1) is 11.6. The number of ketones is 1. The third-order valence-corrected chi connectivity index (χ3v) is 2.79. The van der Waals surface area contributed by atoms with E-state index in [2.05, 4.69) is 11.9 Å². The highest BCUT2D eigenvalue weighted by Gasteiger charge is 2.27.